The van der Waals surface area contributed by atoms with Crippen molar-refractivity contribution in [2.24, 2.45) is 5.92 Å². The first-order valence-electron chi connectivity index (χ1n) is 6.05. The average Bonchev–Trinajstić information content (AvgIpc) is 2.85. The minimum absolute atomic E-state index is 0.0190. The Morgan fingerprint density at radius 2 is 2.05 bits per heavy atom. The first-order valence-corrected chi connectivity index (χ1v) is 7.44. The van der Waals surface area contributed by atoms with Crippen molar-refractivity contribution in [3.05, 3.63) is 0 Å². The molecule has 2 N–H and O–H groups in total. The van der Waals surface area contributed by atoms with E-state index in [1.54, 1.807) is 11.6 Å². The van der Waals surface area contributed by atoms with Gasteiger partial charge >= 0.3 is 18.1 Å². The van der Waals surface area contributed by atoms with Crippen LogP contribution in [0.2, 0.25) is 0 Å². The van der Waals surface area contributed by atoms with E-state index >= 15 is 0 Å². The molecule has 0 radical (unpaired) electrons. The van der Waals surface area contributed by atoms with E-state index in [1.165, 1.54) is 4.90 Å². The molecule has 0 aliphatic carbocycles. The van der Waals surface area contributed by atoms with Gasteiger partial charge in [-0.05, 0) is 12.7 Å². The number of hydrogen-bond donors (Lipinski definition) is 2. The molecule has 0 bridgehead atoms. The number of carboxylic acid groups (broad SMARTS) is 1. The largest absolute Gasteiger partial charge is 0.481 e. The first-order chi connectivity index (χ1) is 9.66. The second-order valence-corrected chi connectivity index (χ2v) is 5.50. The maximum Gasteiger partial charge on any atom is 0.471 e. The van der Waals surface area contributed by atoms with Gasteiger partial charge in [0.05, 0.1) is 5.92 Å². The normalized spacial score (nSPS) is 20.2. The van der Waals surface area contributed by atoms with Crippen LogP contribution in [0.5, 0.6) is 0 Å². The molecule has 2 amide bonds. The summed E-state index contributed by atoms with van der Waals surface area (Å²) >= 11 is 1.11. The number of likely N-dealkylation sites (tertiary alicyclic amines) is 1. The van der Waals surface area contributed by atoms with Gasteiger partial charge in [-0.3, -0.25) is 14.4 Å². The lowest BCUT2D eigenvalue weighted by Crippen LogP contribution is -2.52. The maximum absolute atomic E-state index is 12.2. The summed E-state index contributed by atoms with van der Waals surface area (Å²) in [5, 5.41) is 10.5. The van der Waals surface area contributed by atoms with Gasteiger partial charge in [-0.1, -0.05) is 0 Å². The SMILES string of the molecule is CSCC(NC(=O)C(F)(F)F)C(=O)N1CCC(C(=O)O)C1. The van der Waals surface area contributed by atoms with Crippen LogP contribution in [0.15, 0.2) is 0 Å². The zero-order valence-electron chi connectivity index (χ0n) is 11.1. The summed E-state index contributed by atoms with van der Waals surface area (Å²) in [6, 6.07) is -1.32. The number of carbonyl (C=O) groups excluding carboxylic acids is 2. The van der Waals surface area contributed by atoms with Crippen molar-refractivity contribution in [2.75, 3.05) is 25.1 Å². The van der Waals surface area contributed by atoms with Crippen LogP contribution in [0.25, 0.3) is 0 Å². The molecule has 6 nitrogen and oxygen atoms in total. The second kappa shape index (κ2) is 7.01. The summed E-state index contributed by atoms with van der Waals surface area (Å²) in [5.41, 5.74) is 0. The molecule has 120 valence electrons. The summed E-state index contributed by atoms with van der Waals surface area (Å²) in [4.78, 5) is 35.0. The number of rotatable bonds is 5. The number of hydrogen-bond acceptors (Lipinski definition) is 4. The van der Waals surface area contributed by atoms with E-state index in [2.05, 4.69) is 0 Å². The molecule has 1 heterocycles. The summed E-state index contributed by atoms with van der Waals surface area (Å²) in [6.07, 6.45) is -3.23. The Hall–Kier alpha value is -1.45. The van der Waals surface area contributed by atoms with Crippen LogP contribution in [0.1, 0.15) is 6.42 Å². The summed E-state index contributed by atoms with van der Waals surface area (Å²) < 4.78 is 36.7. The molecular weight excluding hydrogens is 313 g/mol. The topological polar surface area (TPSA) is 86.7 Å². The number of carbonyl (C=O) groups is 3. The summed E-state index contributed by atoms with van der Waals surface area (Å²) in [7, 11) is 0. The second-order valence-electron chi connectivity index (χ2n) is 4.59. The molecule has 0 spiro atoms. The molecule has 0 aromatic carbocycles. The number of nitrogens with zero attached hydrogens (tertiary/aromatic N) is 1. The van der Waals surface area contributed by atoms with Crippen LogP contribution in [-0.4, -0.2) is 65.1 Å². The van der Waals surface area contributed by atoms with Gasteiger partial charge in [0.25, 0.3) is 0 Å². The quantitative estimate of drug-likeness (QED) is 0.759. The van der Waals surface area contributed by atoms with Crippen molar-refractivity contribution in [1.29, 1.82) is 0 Å². The van der Waals surface area contributed by atoms with E-state index in [0.29, 0.717) is 0 Å². The van der Waals surface area contributed by atoms with Gasteiger partial charge in [0, 0.05) is 18.8 Å². The molecule has 1 rings (SSSR count). The van der Waals surface area contributed by atoms with E-state index < -0.39 is 35.9 Å². The fourth-order valence-corrected chi connectivity index (χ4v) is 2.52. The average molecular weight is 328 g/mol. The number of aliphatic carboxylic acids is 1. The van der Waals surface area contributed by atoms with Crippen LogP contribution in [-0.2, 0) is 14.4 Å². The van der Waals surface area contributed by atoms with Gasteiger partial charge in [-0.15, -0.1) is 0 Å². The van der Waals surface area contributed by atoms with Crippen molar-refractivity contribution >= 4 is 29.5 Å². The molecule has 0 aromatic heterocycles. The molecule has 21 heavy (non-hydrogen) atoms. The Morgan fingerprint density at radius 1 is 1.43 bits per heavy atom. The van der Waals surface area contributed by atoms with Crippen LogP contribution in [0, 0.1) is 5.92 Å². The predicted molar refractivity (Wildman–Crippen MR) is 68.7 cm³/mol. The molecule has 2 atom stereocenters. The highest BCUT2D eigenvalue weighted by atomic mass is 32.2. The van der Waals surface area contributed by atoms with E-state index in [-0.39, 0.29) is 25.3 Å². The van der Waals surface area contributed by atoms with E-state index in [9.17, 15) is 27.6 Å². The number of thioether (sulfide) groups is 1. The Morgan fingerprint density at radius 3 is 2.48 bits per heavy atom. The molecule has 1 aliphatic heterocycles. The van der Waals surface area contributed by atoms with Crippen LogP contribution in [0.4, 0.5) is 13.2 Å². The Bertz CT molecular complexity index is 430. The number of amides is 2. The summed E-state index contributed by atoms with van der Waals surface area (Å²) in [6.45, 7) is 0.101. The zero-order valence-corrected chi connectivity index (χ0v) is 12.0. The highest BCUT2D eigenvalue weighted by Gasteiger charge is 2.42. The molecule has 2 unspecified atom stereocenters. The Labute approximate surface area is 123 Å². The molecule has 0 saturated carbocycles. The van der Waals surface area contributed by atoms with Crippen molar-refractivity contribution in [3.63, 3.8) is 0 Å². The number of nitrogens with one attached hydrogen (secondary N) is 1. The third-order valence-electron chi connectivity index (χ3n) is 3.04. The van der Waals surface area contributed by atoms with Gasteiger partial charge in [-0.25, -0.2) is 0 Å². The number of halogens is 3. The maximum atomic E-state index is 12.2. The molecule has 1 aliphatic rings. The van der Waals surface area contributed by atoms with Gasteiger partial charge < -0.3 is 15.3 Å². The smallest absolute Gasteiger partial charge is 0.471 e. The highest BCUT2D eigenvalue weighted by Crippen LogP contribution is 2.19. The lowest BCUT2D eigenvalue weighted by Gasteiger charge is -2.24. The fourth-order valence-electron chi connectivity index (χ4n) is 1.96. The van der Waals surface area contributed by atoms with E-state index in [1.807, 2.05) is 0 Å². The molecule has 1 saturated heterocycles. The minimum Gasteiger partial charge on any atom is -0.481 e. The lowest BCUT2D eigenvalue weighted by molar-refractivity contribution is -0.174. The van der Waals surface area contributed by atoms with Gasteiger partial charge in [0.1, 0.15) is 6.04 Å². The van der Waals surface area contributed by atoms with Crippen LogP contribution >= 0.6 is 11.8 Å². The molecule has 0 aromatic rings. The molecule has 1 fully saturated rings. The monoisotopic (exact) mass is 328 g/mol. The predicted octanol–water partition coefficient (Wildman–Crippen LogP) is 0.330. The highest BCUT2D eigenvalue weighted by molar-refractivity contribution is 7.98. The van der Waals surface area contributed by atoms with Gasteiger partial charge in [0.15, 0.2) is 0 Å². The van der Waals surface area contributed by atoms with Crippen molar-refractivity contribution in [1.82, 2.24) is 10.2 Å². The zero-order chi connectivity index (χ0) is 16.2. The fraction of sp³-hybridized carbons (Fsp3) is 0.727. The standard InChI is InChI=1S/C11H15F3N2O4S/c1-21-5-7(15-10(20)11(12,13)14)8(17)16-3-2-6(4-16)9(18)19/h6-7H,2-5H2,1H3,(H,15,20)(H,18,19). The third kappa shape index (κ3) is 4.80. The minimum atomic E-state index is -5.06. The van der Waals surface area contributed by atoms with Crippen molar-refractivity contribution in [3.8, 4) is 0 Å². The van der Waals surface area contributed by atoms with Gasteiger partial charge in [-0.2, -0.15) is 24.9 Å². The Kier molecular flexibility index (Phi) is 5.87. The van der Waals surface area contributed by atoms with Gasteiger partial charge in [0.2, 0.25) is 5.91 Å². The molecular formula is C11H15F3N2O4S. The lowest BCUT2D eigenvalue weighted by atomic mass is 10.1. The number of carboxylic acids is 1. The number of alkyl halides is 3. The first kappa shape index (κ1) is 17.6. The van der Waals surface area contributed by atoms with E-state index in [0.717, 1.165) is 11.8 Å². The summed E-state index contributed by atoms with van der Waals surface area (Å²) in [5.74, 6) is -4.66. The van der Waals surface area contributed by atoms with E-state index in [4.69, 9.17) is 5.11 Å². The van der Waals surface area contributed by atoms with Crippen molar-refractivity contribution < 1.29 is 32.7 Å². The third-order valence-corrected chi connectivity index (χ3v) is 3.71. The Balaban J connectivity index is 2.70. The van der Waals surface area contributed by atoms with Crippen LogP contribution < -0.4 is 5.32 Å². The van der Waals surface area contributed by atoms with Crippen LogP contribution in [0.3, 0.4) is 0 Å². The molecule has 10 heteroatoms. The van der Waals surface area contributed by atoms with Crippen molar-refractivity contribution in [2.45, 2.75) is 18.6 Å².